The molecule has 0 saturated carbocycles. The number of amides is 1. The van der Waals surface area contributed by atoms with Crippen LogP contribution in [0.3, 0.4) is 0 Å². The van der Waals surface area contributed by atoms with Crippen molar-refractivity contribution in [1.82, 2.24) is 4.90 Å². The van der Waals surface area contributed by atoms with E-state index in [0.717, 1.165) is 11.3 Å². The summed E-state index contributed by atoms with van der Waals surface area (Å²) < 4.78 is 5.61. The lowest BCUT2D eigenvalue weighted by Crippen LogP contribution is -2.33. The van der Waals surface area contributed by atoms with Crippen molar-refractivity contribution >= 4 is 5.91 Å². The van der Waals surface area contributed by atoms with Gasteiger partial charge in [-0.15, -0.1) is 0 Å². The van der Waals surface area contributed by atoms with E-state index < -0.39 is 0 Å². The van der Waals surface area contributed by atoms with Crippen molar-refractivity contribution in [2.45, 2.75) is 19.9 Å². The lowest BCUT2D eigenvalue weighted by Gasteiger charge is -2.25. The van der Waals surface area contributed by atoms with E-state index in [0.29, 0.717) is 13.2 Å². The maximum absolute atomic E-state index is 11.4. The Balaban J connectivity index is 2.38. The number of carbonyl (C=O) groups excluding carboxylic acids is 1. The molecule has 3 heteroatoms. The second-order valence-electron chi connectivity index (χ2n) is 3.77. The Bertz CT molecular complexity index is 376. The molecule has 2 rings (SSSR count). The minimum absolute atomic E-state index is 0.0983. The van der Waals surface area contributed by atoms with Crippen molar-refractivity contribution in [3.63, 3.8) is 0 Å². The Morgan fingerprint density at radius 3 is 2.93 bits per heavy atom. The largest absolute Gasteiger partial charge is 0.491 e. The van der Waals surface area contributed by atoms with Crippen molar-refractivity contribution in [2.75, 3.05) is 13.2 Å². The van der Waals surface area contributed by atoms with E-state index in [1.165, 1.54) is 0 Å². The lowest BCUT2D eigenvalue weighted by atomic mass is 10.1. The number of nitrogens with zero attached hydrogens (tertiary/aromatic N) is 1. The van der Waals surface area contributed by atoms with Crippen molar-refractivity contribution in [3.8, 4) is 5.75 Å². The number of para-hydroxylation sites is 1. The number of fused-ring (bicyclic) bond motifs is 1. The summed E-state index contributed by atoms with van der Waals surface area (Å²) in [6.07, 6.45) is 0. The number of ether oxygens (including phenoxy) is 1. The normalized spacial score (nSPS) is 20.1. The molecule has 0 spiro atoms. The van der Waals surface area contributed by atoms with Gasteiger partial charge in [-0.25, -0.2) is 0 Å². The highest BCUT2D eigenvalue weighted by Gasteiger charge is 2.23. The zero-order chi connectivity index (χ0) is 10.8. The standard InChI is InChI=1S/C12H15NO2/c1-9-11-5-3-4-6-12(11)15-8-7-13(9)10(2)14/h3-6,9H,7-8H2,1-2H3. The third-order valence-corrected chi connectivity index (χ3v) is 2.83. The molecular weight excluding hydrogens is 190 g/mol. The molecule has 0 radical (unpaired) electrons. The zero-order valence-corrected chi connectivity index (χ0v) is 9.06. The van der Waals surface area contributed by atoms with Gasteiger partial charge in [-0.05, 0) is 13.0 Å². The number of rotatable bonds is 0. The number of hydrogen-bond acceptors (Lipinski definition) is 2. The van der Waals surface area contributed by atoms with E-state index >= 15 is 0 Å². The summed E-state index contributed by atoms with van der Waals surface area (Å²) in [6.45, 7) is 4.87. The Morgan fingerprint density at radius 1 is 1.47 bits per heavy atom. The van der Waals surface area contributed by atoms with Crippen molar-refractivity contribution in [3.05, 3.63) is 29.8 Å². The van der Waals surface area contributed by atoms with Gasteiger partial charge in [0.05, 0.1) is 12.6 Å². The van der Waals surface area contributed by atoms with Gasteiger partial charge < -0.3 is 9.64 Å². The van der Waals surface area contributed by atoms with E-state index in [2.05, 4.69) is 0 Å². The first kappa shape index (κ1) is 10.0. The molecule has 1 atom stereocenters. The van der Waals surface area contributed by atoms with E-state index in [4.69, 9.17) is 4.74 Å². The van der Waals surface area contributed by atoms with Gasteiger partial charge in [-0.2, -0.15) is 0 Å². The molecule has 15 heavy (non-hydrogen) atoms. The molecule has 80 valence electrons. The van der Waals surface area contributed by atoms with Crippen LogP contribution in [0.1, 0.15) is 25.5 Å². The van der Waals surface area contributed by atoms with Gasteiger partial charge in [0, 0.05) is 12.5 Å². The maximum Gasteiger partial charge on any atom is 0.220 e. The molecule has 0 bridgehead atoms. The molecule has 0 fully saturated rings. The molecule has 1 aromatic carbocycles. The van der Waals surface area contributed by atoms with E-state index in [-0.39, 0.29) is 11.9 Å². The van der Waals surface area contributed by atoms with Crippen LogP contribution < -0.4 is 4.74 Å². The predicted octanol–water partition coefficient (Wildman–Crippen LogP) is 1.99. The quantitative estimate of drug-likeness (QED) is 0.648. The summed E-state index contributed by atoms with van der Waals surface area (Å²) in [5.74, 6) is 0.997. The van der Waals surface area contributed by atoms with Gasteiger partial charge in [0.25, 0.3) is 0 Å². The zero-order valence-electron chi connectivity index (χ0n) is 9.06. The predicted molar refractivity (Wildman–Crippen MR) is 57.7 cm³/mol. The second-order valence-corrected chi connectivity index (χ2v) is 3.77. The van der Waals surface area contributed by atoms with Gasteiger partial charge in [0.2, 0.25) is 5.91 Å². The smallest absolute Gasteiger partial charge is 0.220 e. The van der Waals surface area contributed by atoms with Crippen LogP contribution in [0.15, 0.2) is 24.3 Å². The van der Waals surface area contributed by atoms with Crippen LogP contribution in [0.2, 0.25) is 0 Å². The minimum atomic E-state index is 0.0983. The lowest BCUT2D eigenvalue weighted by molar-refractivity contribution is -0.131. The molecule has 1 heterocycles. The van der Waals surface area contributed by atoms with Crippen LogP contribution in [0, 0.1) is 0 Å². The van der Waals surface area contributed by atoms with Crippen LogP contribution >= 0.6 is 0 Å². The first-order valence-corrected chi connectivity index (χ1v) is 5.19. The van der Waals surface area contributed by atoms with Crippen LogP contribution in [0.4, 0.5) is 0 Å². The molecule has 1 aliphatic rings. The second kappa shape index (κ2) is 3.93. The highest BCUT2D eigenvalue weighted by molar-refractivity contribution is 5.74. The molecule has 0 aliphatic carbocycles. The highest BCUT2D eigenvalue weighted by Crippen LogP contribution is 2.31. The number of benzene rings is 1. The fourth-order valence-electron chi connectivity index (χ4n) is 2.00. The molecule has 1 amide bonds. The third kappa shape index (κ3) is 1.82. The molecule has 3 nitrogen and oxygen atoms in total. The summed E-state index contributed by atoms with van der Waals surface area (Å²) in [5, 5.41) is 0. The summed E-state index contributed by atoms with van der Waals surface area (Å²) in [6, 6.07) is 8.00. The SMILES string of the molecule is CC(=O)N1CCOc2ccccc2C1C. The maximum atomic E-state index is 11.4. The van der Waals surface area contributed by atoms with Crippen molar-refractivity contribution in [2.24, 2.45) is 0 Å². The Kier molecular flexibility index (Phi) is 2.62. The van der Waals surface area contributed by atoms with Crippen LogP contribution in [-0.4, -0.2) is 24.0 Å². The number of carbonyl (C=O) groups is 1. The molecule has 1 aromatic rings. The molecule has 0 N–H and O–H groups in total. The topological polar surface area (TPSA) is 29.5 Å². The fourth-order valence-corrected chi connectivity index (χ4v) is 2.00. The van der Waals surface area contributed by atoms with Crippen molar-refractivity contribution < 1.29 is 9.53 Å². The van der Waals surface area contributed by atoms with Gasteiger partial charge in [-0.3, -0.25) is 4.79 Å². The van der Waals surface area contributed by atoms with E-state index in [1.54, 1.807) is 6.92 Å². The summed E-state index contributed by atoms with van der Waals surface area (Å²) >= 11 is 0. The van der Waals surface area contributed by atoms with E-state index in [1.807, 2.05) is 36.1 Å². The van der Waals surface area contributed by atoms with E-state index in [9.17, 15) is 4.79 Å². The average Bonchev–Trinajstić information content (AvgIpc) is 2.39. The molecular formula is C12H15NO2. The van der Waals surface area contributed by atoms with Crippen molar-refractivity contribution in [1.29, 1.82) is 0 Å². The van der Waals surface area contributed by atoms with Gasteiger partial charge >= 0.3 is 0 Å². The summed E-state index contributed by atoms with van der Waals surface area (Å²) in [4.78, 5) is 13.3. The monoisotopic (exact) mass is 205 g/mol. The fraction of sp³-hybridized carbons (Fsp3) is 0.417. The Morgan fingerprint density at radius 2 is 2.20 bits per heavy atom. The Hall–Kier alpha value is -1.51. The molecule has 1 aliphatic heterocycles. The van der Waals surface area contributed by atoms with Crippen LogP contribution in [0.25, 0.3) is 0 Å². The van der Waals surface area contributed by atoms with Gasteiger partial charge in [-0.1, -0.05) is 18.2 Å². The molecule has 0 aromatic heterocycles. The summed E-state index contributed by atoms with van der Waals surface area (Å²) in [7, 11) is 0. The summed E-state index contributed by atoms with van der Waals surface area (Å²) in [5.41, 5.74) is 1.09. The molecule has 0 saturated heterocycles. The molecule has 1 unspecified atom stereocenters. The first-order chi connectivity index (χ1) is 7.20. The van der Waals surface area contributed by atoms with Crippen LogP contribution in [0.5, 0.6) is 5.75 Å². The Labute approximate surface area is 89.7 Å². The average molecular weight is 205 g/mol. The van der Waals surface area contributed by atoms with Gasteiger partial charge in [0.1, 0.15) is 12.4 Å². The highest BCUT2D eigenvalue weighted by atomic mass is 16.5. The third-order valence-electron chi connectivity index (χ3n) is 2.83. The first-order valence-electron chi connectivity index (χ1n) is 5.19. The number of hydrogen-bond donors (Lipinski definition) is 0. The van der Waals surface area contributed by atoms with Crippen LogP contribution in [-0.2, 0) is 4.79 Å². The van der Waals surface area contributed by atoms with Gasteiger partial charge in [0.15, 0.2) is 0 Å². The minimum Gasteiger partial charge on any atom is -0.491 e.